The second-order valence-electron chi connectivity index (χ2n) is 6.30. The van der Waals surface area contributed by atoms with Gasteiger partial charge in [0.1, 0.15) is 0 Å². The molecule has 2 N–H and O–H groups in total. The van der Waals surface area contributed by atoms with Crippen LogP contribution in [-0.4, -0.2) is 30.1 Å². The summed E-state index contributed by atoms with van der Waals surface area (Å²) in [6.45, 7) is 1.91. The van der Waals surface area contributed by atoms with Gasteiger partial charge in [0.05, 0.1) is 11.1 Å². The lowest BCUT2D eigenvalue weighted by Gasteiger charge is -2.16. The highest BCUT2D eigenvalue weighted by atomic mass is 32.2. The fourth-order valence-corrected chi connectivity index (χ4v) is 3.85. The van der Waals surface area contributed by atoms with Crippen LogP contribution in [0.3, 0.4) is 0 Å². The number of carbonyl (C=O) groups excluding carboxylic acids is 1. The van der Waals surface area contributed by atoms with Crippen molar-refractivity contribution in [2.45, 2.75) is 43.2 Å². The van der Waals surface area contributed by atoms with Crippen molar-refractivity contribution in [3.05, 3.63) is 47.8 Å². The quantitative estimate of drug-likeness (QED) is 0.785. The lowest BCUT2D eigenvalue weighted by atomic mass is 10.1. The molecule has 1 aliphatic rings. The van der Waals surface area contributed by atoms with Gasteiger partial charge in [-0.25, -0.2) is 13.1 Å². The van der Waals surface area contributed by atoms with Gasteiger partial charge in [-0.3, -0.25) is 9.48 Å². The van der Waals surface area contributed by atoms with Gasteiger partial charge in [-0.1, -0.05) is 6.92 Å². The fourth-order valence-electron chi connectivity index (χ4n) is 2.54. The first kappa shape index (κ1) is 17.6. The number of nitrogens with one attached hydrogen (secondary N) is 2. The summed E-state index contributed by atoms with van der Waals surface area (Å²) in [5, 5.41) is 6.97. The minimum atomic E-state index is -3.68. The standard InChI is InChI=1S/C17H22N4O3S/c1-3-16(13-10-18-21(2)11-13)20-25(23,24)15-8-4-12(5-9-15)17(22)19-14-6-7-14/h4-5,8-11,14,16,20H,3,6-7H2,1-2H3,(H,19,22)/t16-/m0/s1. The summed E-state index contributed by atoms with van der Waals surface area (Å²) in [7, 11) is -1.89. The smallest absolute Gasteiger partial charge is 0.251 e. The maximum Gasteiger partial charge on any atom is 0.251 e. The average molecular weight is 362 g/mol. The molecule has 25 heavy (non-hydrogen) atoms. The number of aromatic nitrogens is 2. The van der Waals surface area contributed by atoms with E-state index in [4.69, 9.17) is 0 Å². The second-order valence-corrected chi connectivity index (χ2v) is 8.02. The van der Waals surface area contributed by atoms with Gasteiger partial charge >= 0.3 is 0 Å². The summed E-state index contributed by atoms with van der Waals surface area (Å²) in [4.78, 5) is 12.1. The molecule has 1 aliphatic carbocycles. The van der Waals surface area contributed by atoms with E-state index in [1.54, 1.807) is 24.1 Å². The second kappa shape index (κ2) is 6.97. The minimum absolute atomic E-state index is 0.137. The number of amides is 1. The van der Waals surface area contributed by atoms with Gasteiger partial charge in [0.2, 0.25) is 10.0 Å². The van der Waals surface area contributed by atoms with E-state index < -0.39 is 10.0 Å². The van der Waals surface area contributed by atoms with Gasteiger partial charge in [-0.05, 0) is 43.5 Å². The van der Waals surface area contributed by atoms with Gasteiger partial charge in [-0.15, -0.1) is 0 Å². The van der Waals surface area contributed by atoms with Crippen LogP contribution in [0.1, 0.15) is 48.1 Å². The van der Waals surface area contributed by atoms with Crippen molar-refractivity contribution in [2.75, 3.05) is 0 Å². The molecule has 3 rings (SSSR count). The van der Waals surface area contributed by atoms with E-state index in [2.05, 4.69) is 15.1 Å². The number of rotatable bonds is 7. The maximum absolute atomic E-state index is 12.6. The third-order valence-corrected chi connectivity index (χ3v) is 5.66. The number of sulfonamides is 1. The van der Waals surface area contributed by atoms with E-state index in [9.17, 15) is 13.2 Å². The molecule has 0 bridgehead atoms. The Morgan fingerprint density at radius 1 is 1.32 bits per heavy atom. The largest absolute Gasteiger partial charge is 0.349 e. The topological polar surface area (TPSA) is 93.1 Å². The van der Waals surface area contributed by atoms with E-state index >= 15 is 0 Å². The molecule has 0 aliphatic heterocycles. The Bertz CT molecular complexity index is 854. The highest BCUT2D eigenvalue weighted by Gasteiger charge is 2.25. The normalized spacial score (nSPS) is 15.8. The summed E-state index contributed by atoms with van der Waals surface area (Å²) in [6, 6.07) is 5.91. The van der Waals surface area contributed by atoms with Gasteiger partial charge in [0.25, 0.3) is 5.91 Å². The Kier molecular flexibility index (Phi) is 4.91. The molecule has 1 aromatic heterocycles. The molecule has 1 amide bonds. The number of hydrogen-bond donors (Lipinski definition) is 2. The molecule has 0 radical (unpaired) electrons. The van der Waals surface area contributed by atoms with Gasteiger partial charge in [0, 0.05) is 36.5 Å². The molecule has 2 aromatic rings. The summed E-state index contributed by atoms with van der Waals surface area (Å²) in [5.74, 6) is -0.166. The molecule has 1 aromatic carbocycles. The van der Waals surface area contributed by atoms with Crippen LogP contribution in [0.5, 0.6) is 0 Å². The predicted molar refractivity (Wildman–Crippen MR) is 93.5 cm³/mol. The minimum Gasteiger partial charge on any atom is -0.349 e. The van der Waals surface area contributed by atoms with Crippen LogP contribution in [0.25, 0.3) is 0 Å². The van der Waals surface area contributed by atoms with E-state index in [-0.39, 0.29) is 22.9 Å². The van der Waals surface area contributed by atoms with Crippen molar-refractivity contribution in [3.8, 4) is 0 Å². The van der Waals surface area contributed by atoms with Crippen molar-refractivity contribution < 1.29 is 13.2 Å². The Labute approximate surface area is 147 Å². The lowest BCUT2D eigenvalue weighted by Crippen LogP contribution is -2.28. The Morgan fingerprint density at radius 3 is 2.52 bits per heavy atom. The first-order valence-corrected chi connectivity index (χ1v) is 9.79. The number of nitrogens with zero attached hydrogens (tertiary/aromatic N) is 2. The van der Waals surface area contributed by atoms with Crippen molar-refractivity contribution in [1.29, 1.82) is 0 Å². The number of carbonyl (C=O) groups is 1. The molecule has 0 spiro atoms. The number of aryl methyl sites for hydroxylation is 1. The summed E-state index contributed by atoms with van der Waals surface area (Å²) < 4.78 is 29.6. The first-order chi connectivity index (χ1) is 11.9. The molecular weight excluding hydrogens is 340 g/mol. The van der Waals surface area contributed by atoms with Gasteiger partial charge in [-0.2, -0.15) is 5.10 Å². The zero-order valence-corrected chi connectivity index (χ0v) is 15.1. The highest BCUT2D eigenvalue weighted by Crippen LogP contribution is 2.21. The molecule has 134 valence electrons. The Balaban J connectivity index is 1.73. The van der Waals surface area contributed by atoms with E-state index in [0.717, 1.165) is 18.4 Å². The first-order valence-electron chi connectivity index (χ1n) is 8.31. The lowest BCUT2D eigenvalue weighted by molar-refractivity contribution is 0.0951. The van der Waals surface area contributed by atoms with Crippen molar-refractivity contribution in [2.24, 2.45) is 7.05 Å². The van der Waals surface area contributed by atoms with Crippen LogP contribution < -0.4 is 10.0 Å². The van der Waals surface area contributed by atoms with E-state index in [1.165, 1.54) is 24.3 Å². The number of benzene rings is 1. The van der Waals surface area contributed by atoms with Crippen LogP contribution in [0.15, 0.2) is 41.6 Å². The van der Waals surface area contributed by atoms with Crippen LogP contribution >= 0.6 is 0 Å². The van der Waals surface area contributed by atoms with Crippen LogP contribution in [-0.2, 0) is 17.1 Å². The van der Waals surface area contributed by atoms with E-state index in [1.807, 2.05) is 6.92 Å². The number of hydrogen-bond acceptors (Lipinski definition) is 4. The molecular formula is C17H22N4O3S. The summed E-state index contributed by atoms with van der Waals surface area (Å²) >= 11 is 0. The van der Waals surface area contributed by atoms with Crippen molar-refractivity contribution in [1.82, 2.24) is 19.8 Å². The third-order valence-electron chi connectivity index (χ3n) is 4.17. The van der Waals surface area contributed by atoms with Gasteiger partial charge in [0.15, 0.2) is 0 Å². The Morgan fingerprint density at radius 2 is 2.00 bits per heavy atom. The maximum atomic E-state index is 12.6. The molecule has 1 atom stereocenters. The summed E-state index contributed by atoms with van der Waals surface area (Å²) in [5.41, 5.74) is 1.28. The highest BCUT2D eigenvalue weighted by molar-refractivity contribution is 7.89. The van der Waals surface area contributed by atoms with Crippen molar-refractivity contribution >= 4 is 15.9 Å². The molecule has 8 heteroatoms. The Hall–Kier alpha value is -2.19. The van der Waals surface area contributed by atoms with Gasteiger partial charge < -0.3 is 5.32 Å². The fraction of sp³-hybridized carbons (Fsp3) is 0.412. The zero-order chi connectivity index (χ0) is 18.0. The molecule has 1 heterocycles. The van der Waals surface area contributed by atoms with Crippen LogP contribution in [0.4, 0.5) is 0 Å². The van der Waals surface area contributed by atoms with Crippen molar-refractivity contribution in [3.63, 3.8) is 0 Å². The zero-order valence-electron chi connectivity index (χ0n) is 14.3. The van der Waals surface area contributed by atoms with Crippen LogP contribution in [0.2, 0.25) is 0 Å². The SMILES string of the molecule is CC[C@H](NS(=O)(=O)c1ccc(C(=O)NC2CC2)cc1)c1cnn(C)c1. The molecule has 7 nitrogen and oxygen atoms in total. The molecule has 1 saturated carbocycles. The molecule has 0 unspecified atom stereocenters. The predicted octanol–water partition coefficient (Wildman–Crippen LogP) is 1.74. The monoisotopic (exact) mass is 362 g/mol. The van der Waals surface area contributed by atoms with E-state index in [0.29, 0.717) is 12.0 Å². The molecule has 1 fully saturated rings. The van der Waals surface area contributed by atoms with Crippen LogP contribution in [0, 0.1) is 0 Å². The average Bonchev–Trinajstić information content (AvgIpc) is 3.30. The summed E-state index contributed by atoms with van der Waals surface area (Å²) in [6.07, 6.45) is 6.07. The third kappa shape index (κ3) is 4.26. The molecule has 0 saturated heterocycles.